The average molecular weight is 539 g/mol. The molecule has 3 rings (SSSR count). The Morgan fingerprint density at radius 1 is 0.900 bits per heavy atom. The molecule has 0 saturated heterocycles. The highest BCUT2D eigenvalue weighted by atomic mass is 16.5. The van der Waals surface area contributed by atoms with Gasteiger partial charge in [-0.15, -0.1) is 0 Å². The van der Waals surface area contributed by atoms with Gasteiger partial charge in [0.15, 0.2) is 0 Å². The van der Waals surface area contributed by atoms with Crippen LogP contribution in [0.4, 0.5) is 0 Å². The van der Waals surface area contributed by atoms with Gasteiger partial charge in [0.25, 0.3) is 5.91 Å². The Morgan fingerprint density at radius 2 is 1.60 bits per heavy atom. The van der Waals surface area contributed by atoms with E-state index in [1.165, 1.54) is 42.4 Å². The monoisotopic (exact) mass is 538 g/mol. The third kappa shape index (κ3) is 9.87. The Kier molecular flexibility index (Phi) is 12.3. The number of carbonyl (C=O) groups excluding carboxylic acids is 1. The van der Waals surface area contributed by atoms with Crippen molar-refractivity contribution in [3.63, 3.8) is 0 Å². The lowest BCUT2D eigenvalue weighted by molar-refractivity contribution is 0.0930. The number of benzene rings is 3. The Hall–Kier alpha value is -3.58. The molecule has 40 heavy (non-hydrogen) atoms. The molecule has 0 fully saturated rings. The molecule has 3 aromatic carbocycles. The van der Waals surface area contributed by atoms with Crippen molar-refractivity contribution in [3.8, 4) is 11.8 Å². The van der Waals surface area contributed by atoms with Gasteiger partial charge in [0.1, 0.15) is 12.4 Å². The second-order valence-electron chi connectivity index (χ2n) is 11.5. The fraction of sp³-hybridized carbons (Fsp3) is 0.444. The van der Waals surface area contributed by atoms with Crippen LogP contribution in [0.1, 0.15) is 109 Å². The fourth-order valence-corrected chi connectivity index (χ4v) is 5.19. The third-order valence-electron chi connectivity index (χ3n) is 7.24. The van der Waals surface area contributed by atoms with Gasteiger partial charge in [0.2, 0.25) is 0 Å². The van der Waals surface area contributed by atoms with Crippen molar-refractivity contribution >= 4 is 5.91 Å². The van der Waals surface area contributed by atoms with Gasteiger partial charge in [-0.3, -0.25) is 4.79 Å². The molecule has 1 N–H and O–H groups in total. The summed E-state index contributed by atoms with van der Waals surface area (Å²) >= 11 is 0. The molecule has 212 valence electrons. The molecule has 0 saturated carbocycles. The molecule has 3 aromatic rings. The Labute approximate surface area is 241 Å². The maximum absolute atomic E-state index is 13.7. The van der Waals surface area contributed by atoms with E-state index < -0.39 is 0 Å². The lowest BCUT2D eigenvalue weighted by atomic mass is 9.93. The van der Waals surface area contributed by atoms with E-state index >= 15 is 0 Å². The summed E-state index contributed by atoms with van der Waals surface area (Å²) in [4.78, 5) is 13.7. The third-order valence-corrected chi connectivity index (χ3v) is 7.24. The summed E-state index contributed by atoms with van der Waals surface area (Å²) in [5.41, 5.74) is 7.40. The van der Waals surface area contributed by atoms with Gasteiger partial charge in [-0.05, 0) is 79.8 Å². The van der Waals surface area contributed by atoms with Gasteiger partial charge < -0.3 is 10.1 Å². The van der Waals surface area contributed by atoms with Crippen LogP contribution in [0.3, 0.4) is 0 Å². The van der Waals surface area contributed by atoms with E-state index in [0.29, 0.717) is 36.7 Å². The maximum atomic E-state index is 13.7. The van der Waals surface area contributed by atoms with E-state index in [-0.39, 0.29) is 11.9 Å². The molecule has 0 radical (unpaired) electrons. The largest absolute Gasteiger partial charge is 0.489 e. The van der Waals surface area contributed by atoms with E-state index in [1.54, 1.807) is 0 Å². The van der Waals surface area contributed by atoms with Crippen LogP contribution >= 0.6 is 0 Å². The molecule has 0 aromatic heterocycles. The number of hydrogen-bond acceptors (Lipinski definition) is 3. The van der Waals surface area contributed by atoms with Crippen LogP contribution in [-0.4, -0.2) is 5.91 Å². The Balaban J connectivity index is 1.75. The van der Waals surface area contributed by atoms with Crippen molar-refractivity contribution in [1.29, 1.82) is 5.26 Å². The van der Waals surface area contributed by atoms with E-state index in [0.717, 1.165) is 29.5 Å². The normalized spacial score (nSPS) is 11.7. The zero-order valence-electron chi connectivity index (χ0n) is 25.1. The summed E-state index contributed by atoms with van der Waals surface area (Å²) in [7, 11) is 0. The lowest BCUT2D eigenvalue weighted by Crippen LogP contribution is -2.30. The van der Waals surface area contributed by atoms with Crippen LogP contribution in [0.5, 0.6) is 5.75 Å². The average Bonchev–Trinajstić information content (AvgIpc) is 2.92. The number of aryl methyl sites for hydroxylation is 4. The number of nitrogens with one attached hydrogen (secondary N) is 1. The van der Waals surface area contributed by atoms with Gasteiger partial charge in [0.05, 0.1) is 12.1 Å². The summed E-state index contributed by atoms with van der Waals surface area (Å²) in [6.07, 6.45) is 7.90. The number of nitrogens with zero attached hydrogens (tertiary/aromatic N) is 1. The van der Waals surface area contributed by atoms with Crippen LogP contribution in [0.15, 0.2) is 60.7 Å². The van der Waals surface area contributed by atoms with Crippen molar-refractivity contribution in [2.75, 3.05) is 0 Å². The first-order chi connectivity index (χ1) is 19.3. The number of ether oxygens (including phenoxy) is 1. The van der Waals surface area contributed by atoms with Crippen LogP contribution < -0.4 is 10.1 Å². The molecule has 0 aliphatic heterocycles. The summed E-state index contributed by atoms with van der Waals surface area (Å²) < 4.78 is 6.14. The molecule has 1 unspecified atom stereocenters. The van der Waals surface area contributed by atoms with Crippen molar-refractivity contribution in [1.82, 2.24) is 5.32 Å². The fourth-order valence-electron chi connectivity index (χ4n) is 5.19. The first kappa shape index (κ1) is 31.0. The summed E-state index contributed by atoms with van der Waals surface area (Å²) in [6, 6.07) is 22.9. The molecule has 0 heterocycles. The number of carbonyl (C=O) groups is 1. The summed E-state index contributed by atoms with van der Waals surface area (Å²) in [5, 5.41) is 12.5. The molecule has 1 atom stereocenters. The minimum absolute atomic E-state index is 0.0972. The first-order valence-electron chi connectivity index (χ1n) is 14.9. The molecule has 0 aliphatic rings. The van der Waals surface area contributed by atoms with Crippen LogP contribution in [-0.2, 0) is 19.4 Å². The maximum Gasteiger partial charge on any atom is 0.252 e. The second kappa shape index (κ2) is 15.9. The topological polar surface area (TPSA) is 62.1 Å². The van der Waals surface area contributed by atoms with E-state index in [9.17, 15) is 10.1 Å². The van der Waals surface area contributed by atoms with Gasteiger partial charge in [-0.2, -0.15) is 5.26 Å². The van der Waals surface area contributed by atoms with Crippen molar-refractivity contribution in [3.05, 3.63) is 99.6 Å². The summed E-state index contributed by atoms with van der Waals surface area (Å²) in [5.74, 6) is 0.943. The summed E-state index contributed by atoms with van der Waals surface area (Å²) in [6.45, 7) is 11.2. The number of nitriles is 1. The quantitative estimate of drug-likeness (QED) is 0.196. The van der Waals surface area contributed by atoms with E-state index in [4.69, 9.17) is 4.74 Å². The lowest BCUT2D eigenvalue weighted by Gasteiger charge is -2.23. The van der Waals surface area contributed by atoms with Gasteiger partial charge >= 0.3 is 0 Å². The molecular weight excluding hydrogens is 492 g/mol. The first-order valence-corrected chi connectivity index (χ1v) is 14.9. The zero-order chi connectivity index (χ0) is 28.9. The Morgan fingerprint density at radius 3 is 2.25 bits per heavy atom. The molecule has 4 heteroatoms. The Bertz CT molecular complexity index is 1250. The van der Waals surface area contributed by atoms with Gasteiger partial charge in [-0.1, -0.05) is 99.7 Å². The SMILES string of the molecule is CCCCCCc1ccc(COc2ccc(CCC#N)c(C(=O)NC(CC(C)C)c3cc(C)cc(C)c3)c2)cc1. The second-order valence-corrected chi connectivity index (χ2v) is 11.5. The highest BCUT2D eigenvalue weighted by Crippen LogP contribution is 2.26. The standard InChI is InChI=1S/C36H46N2O2/c1-6-7-8-9-11-29-13-15-30(16-14-29)25-40-33-18-17-31(12-10-19-37)34(24-33)36(39)38-35(20-26(2)3)32-22-27(4)21-28(5)23-32/h13-18,21-24,26,35H,6-12,20,25H2,1-5H3,(H,38,39). The van der Waals surface area contributed by atoms with Crippen molar-refractivity contribution in [2.24, 2.45) is 5.92 Å². The predicted molar refractivity (Wildman–Crippen MR) is 165 cm³/mol. The van der Waals surface area contributed by atoms with Crippen LogP contribution in [0.2, 0.25) is 0 Å². The number of hydrogen-bond donors (Lipinski definition) is 1. The molecule has 0 aliphatic carbocycles. The number of rotatable bonds is 15. The van der Waals surface area contributed by atoms with Gasteiger partial charge in [0, 0.05) is 12.0 Å². The van der Waals surface area contributed by atoms with Crippen molar-refractivity contribution in [2.45, 2.75) is 98.6 Å². The minimum Gasteiger partial charge on any atom is -0.489 e. The predicted octanol–water partition coefficient (Wildman–Crippen LogP) is 8.98. The highest BCUT2D eigenvalue weighted by molar-refractivity contribution is 5.96. The van der Waals surface area contributed by atoms with E-state index in [2.05, 4.69) is 88.5 Å². The van der Waals surface area contributed by atoms with E-state index in [1.807, 2.05) is 18.2 Å². The zero-order valence-corrected chi connectivity index (χ0v) is 25.1. The highest BCUT2D eigenvalue weighted by Gasteiger charge is 2.20. The van der Waals surface area contributed by atoms with Crippen molar-refractivity contribution < 1.29 is 9.53 Å². The molecule has 0 spiro atoms. The minimum atomic E-state index is -0.129. The molecule has 4 nitrogen and oxygen atoms in total. The number of amides is 1. The molecule has 0 bridgehead atoms. The smallest absolute Gasteiger partial charge is 0.252 e. The van der Waals surface area contributed by atoms with Crippen LogP contribution in [0.25, 0.3) is 0 Å². The number of unbranched alkanes of at least 4 members (excludes halogenated alkanes) is 3. The van der Waals surface area contributed by atoms with Gasteiger partial charge in [-0.25, -0.2) is 0 Å². The molecular formula is C36H46N2O2. The van der Waals surface area contributed by atoms with Crippen LogP contribution in [0, 0.1) is 31.1 Å². The molecule has 1 amide bonds.